The molecule has 7 heteroatoms. The van der Waals surface area contributed by atoms with Crippen LogP contribution < -0.4 is 15.0 Å². The van der Waals surface area contributed by atoms with E-state index < -0.39 is 0 Å². The maximum absolute atomic E-state index is 5.74. The average molecular weight is 356 g/mol. The largest absolute Gasteiger partial charge is 0.472 e. The molecule has 3 rings (SSSR count). The van der Waals surface area contributed by atoms with Crippen molar-refractivity contribution in [1.82, 2.24) is 19.9 Å². The topological polar surface area (TPSA) is 66.4 Å². The first-order chi connectivity index (χ1) is 12.6. The SMILES string of the molecule is CC(CN1CCN(c2ccccn2)CC1)Nc1nccnc1OC(C)C. The molecule has 1 aliphatic rings. The van der Waals surface area contributed by atoms with Crippen molar-refractivity contribution in [3.05, 3.63) is 36.8 Å². The summed E-state index contributed by atoms with van der Waals surface area (Å²) in [6.07, 6.45) is 5.27. The monoisotopic (exact) mass is 356 g/mol. The second kappa shape index (κ2) is 8.80. The lowest BCUT2D eigenvalue weighted by atomic mass is 10.2. The van der Waals surface area contributed by atoms with Gasteiger partial charge in [0.2, 0.25) is 0 Å². The van der Waals surface area contributed by atoms with Crippen LogP contribution in [0.2, 0.25) is 0 Å². The number of ether oxygens (including phenoxy) is 1. The molecule has 1 saturated heterocycles. The van der Waals surface area contributed by atoms with Crippen LogP contribution in [0.25, 0.3) is 0 Å². The van der Waals surface area contributed by atoms with Crippen LogP contribution in [0.4, 0.5) is 11.6 Å². The number of pyridine rings is 1. The second-order valence-corrected chi connectivity index (χ2v) is 6.90. The van der Waals surface area contributed by atoms with E-state index in [2.05, 4.69) is 43.1 Å². The lowest BCUT2D eigenvalue weighted by Crippen LogP contribution is -2.49. The first-order valence-corrected chi connectivity index (χ1v) is 9.24. The van der Waals surface area contributed by atoms with Gasteiger partial charge in [-0.3, -0.25) is 4.90 Å². The molecule has 1 fully saturated rings. The highest BCUT2D eigenvalue weighted by Crippen LogP contribution is 2.20. The molecule has 0 radical (unpaired) electrons. The molecule has 0 aromatic carbocycles. The third-order valence-corrected chi connectivity index (χ3v) is 4.27. The molecule has 1 aliphatic heterocycles. The first kappa shape index (κ1) is 18.4. The predicted molar refractivity (Wildman–Crippen MR) is 104 cm³/mol. The molecule has 3 heterocycles. The van der Waals surface area contributed by atoms with E-state index in [9.17, 15) is 0 Å². The fraction of sp³-hybridized carbons (Fsp3) is 0.526. The van der Waals surface area contributed by atoms with Gasteiger partial charge < -0.3 is 15.0 Å². The third-order valence-electron chi connectivity index (χ3n) is 4.27. The lowest BCUT2D eigenvalue weighted by molar-refractivity contribution is 0.231. The molecule has 26 heavy (non-hydrogen) atoms. The normalized spacial score (nSPS) is 16.5. The maximum Gasteiger partial charge on any atom is 0.257 e. The highest BCUT2D eigenvalue weighted by atomic mass is 16.5. The molecule has 0 saturated carbocycles. The first-order valence-electron chi connectivity index (χ1n) is 9.24. The molecule has 7 nitrogen and oxygen atoms in total. The fourth-order valence-electron chi connectivity index (χ4n) is 3.10. The van der Waals surface area contributed by atoms with Gasteiger partial charge in [-0.05, 0) is 32.9 Å². The Bertz CT molecular complexity index is 673. The fourth-order valence-corrected chi connectivity index (χ4v) is 3.10. The Morgan fingerprint density at radius 1 is 1.00 bits per heavy atom. The van der Waals surface area contributed by atoms with E-state index in [1.54, 1.807) is 12.4 Å². The van der Waals surface area contributed by atoms with Gasteiger partial charge in [0.15, 0.2) is 5.82 Å². The van der Waals surface area contributed by atoms with Crippen LogP contribution >= 0.6 is 0 Å². The molecule has 1 unspecified atom stereocenters. The van der Waals surface area contributed by atoms with Crippen molar-refractivity contribution in [2.24, 2.45) is 0 Å². The van der Waals surface area contributed by atoms with Crippen LogP contribution in [0.3, 0.4) is 0 Å². The molecule has 2 aromatic rings. The summed E-state index contributed by atoms with van der Waals surface area (Å²) < 4.78 is 5.74. The summed E-state index contributed by atoms with van der Waals surface area (Å²) in [5.74, 6) is 2.34. The number of aromatic nitrogens is 3. The van der Waals surface area contributed by atoms with E-state index in [1.165, 1.54) is 0 Å². The summed E-state index contributed by atoms with van der Waals surface area (Å²) in [5, 5.41) is 3.44. The van der Waals surface area contributed by atoms with Crippen molar-refractivity contribution in [2.45, 2.75) is 32.9 Å². The highest BCUT2D eigenvalue weighted by molar-refractivity contribution is 5.45. The summed E-state index contributed by atoms with van der Waals surface area (Å²) in [7, 11) is 0. The van der Waals surface area contributed by atoms with Crippen molar-refractivity contribution >= 4 is 11.6 Å². The van der Waals surface area contributed by atoms with Gasteiger partial charge in [-0.15, -0.1) is 0 Å². The number of nitrogens with zero attached hydrogens (tertiary/aromatic N) is 5. The molecular formula is C19H28N6O. The molecule has 0 aliphatic carbocycles. The summed E-state index contributed by atoms with van der Waals surface area (Å²) in [5.41, 5.74) is 0. The summed E-state index contributed by atoms with van der Waals surface area (Å²) in [6.45, 7) is 11.1. The van der Waals surface area contributed by atoms with E-state index in [1.807, 2.05) is 32.2 Å². The minimum absolute atomic E-state index is 0.0715. The Morgan fingerprint density at radius 3 is 2.46 bits per heavy atom. The Hall–Kier alpha value is -2.41. The molecule has 0 amide bonds. The van der Waals surface area contributed by atoms with Gasteiger partial charge in [0, 0.05) is 57.4 Å². The Morgan fingerprint density at radius 2 is 1.77 bits per heavy atom. The number of hydrogen-bond donors (Lipinski definition) is 1. The van der Waals surface area contributed by atoms with Crippen LogP contribution in [0, 0.1) is 0 Å². The van der Waals surface area contributed by atoms with E-state index >= 15 is 0 Å². The van der Waals surface area contributed by atoms with Gasteiger partial charge in [0.25, 0.3) is 5.88 Å². The van der Waals surface area contributed by atoms with E-state index in [-0.39, 0.29) is 12.1 Å². The zero-order valence-corrected chi connectivity index (χ0v) is 15.8. The number of nitrogens with one attached hydrogen (secondary N) is 1. The summed E-state index contributed by atoms with van der Waals surface area (Å²) >= 11 is 0. The zero-order chi connectivity index (χ0) is 18.4. The maximum atomic E-state index is 5.74. The lowest BCUT2D eigenvalue weighted by Gasteiger charge is -2.36. The zero-order valence-electron chi connectivity index (χ0n) is 15.8. The Balaban J connectivity index is 1.50. The molecule has 2 aromatic heterocycles. The van der Waals surface area contributed by atoms with Crippen molar-refractivity contribution in [2.75, 3.05) is 42.9 Å². The van der Waals surface area contributed by atoms with E-state index in [0.29, 0.717) is 11.7 Å². The number of rotatable bonds is 7. The molecule has 0 bridgehead atoms. The van der Waals surface area contributed by atoms with Gasteiger partial charge in [-0.1, -0.05) is 6.07 Å². The van der Waals surface area contributed by atoms with Crippen LogP contribution in [-0.4, -0.2) is 64.7 Å². The van der Waals surface area contributed by atoms with E-state index in [0.717, 1.165) is 38.5 Å². The third kappa shape index (κ3) is 5.05. The minimum atomic E-state index is 0.0715. The minimum Gasteiger partial charge on any atom is -0.472 e. The smallest absolute Gasteiger partial charge is 0.257 e. The molecular weight excluding hydrogens is 328 g/mol. The molecule has 1 N–H and O–H groups in total. The number of hydrogen-bond acceptors (Lipinski definition) is 7. The van der Waals surface area contributed by atoms with Gasteiger partial charge in [-0.25, -0.2) is 15.0 Å². The Kier molecular flexibility index (Phi) is 6.22. The standard InChI is InChI=1S/C19H28N6O/c1-15(2)26-19-18(21-8-9-22-19)23-16(3)14-24-10-12-25(13-11-24)17-6-4-5-7-20-17/h4-9,15-16H,10-14H2,1-3H3,(H,21,23). The highest BCUT2D eigenvalue weighted by Gasteiger charge is 2.20. The van der Waals surface area contributed by atoms with Gasteiger partial charge in [-0.2, -0.15) is 0 Å². The Labute approximate surface area is 155 Å². The van der Waals surface area contributed by atoms with Crippen molar-refractivity contribution in [3.63, 3.8) is 0 Å². The van der Waals surface area contributed by atoms with Crippen molar-refractivity contribution < 1.29 is 4.74 Å². The summed E-state index contributed by atoms with van der Waals surface area (Å²) in [4.78, 5) is 17.9. The number of piperazine rings is 1. The van der Waals surface area contributed by atoms with Crippen LogP contribution in [0.15, 0.2) is 36.8 Å². The van der Waals surface area contributed by atoms with E-state index in [4.69, 9.17) is 4.74 Å². The summed E-state index contributed by atoms with van der Waals surface area (Å²) in [6, 6.07) is 6.32. The number of anilines is 2. The molecule has 0 spiro atoms. The quantitative estimate of drug-likeness (QED) is 0.816. The van der Waals surface area contributed by atoms with Crippen LogP contribution in [0.1, 0.15) is 20.8 Å². The molecule has 140 valence electrons. The molecule has 1 atom stereocenters. The van der Waals surface area contributed by atoms with Gasteiger partial charge >= 0.3 is 0 Å². The second-order valence-electron chi connectivity index (χ2n) is 6.90. The average Bonchev–Trinajstić information content (AvgIpc) is 2.64. The van der Waals surface area contributed by atoms with Gasteiger partial charge in [0.1, 0.15) is 5.82 Å². The van der Waals surface area contributed by atoms with Crippen LogP contribution in [0.5, 0.6) is 5.88 Å². The van der Waals surface area contributed by atoms with Crippen LogP contribution in [-0.2, 0) is 0 Å². The van der Waals surface area contributed by atoms with Crippen molar-refractivity contribution in [3.8, 4) is 5.88 Å². The predicted octanol–water partition coefficient (Wildman–Crippen LogP) is 2.28. The van der Waals surface area contributed by atoms with Crippen molar-refractivity contribution in [1.29, 1.82) is 0 Å². The van der Waals surface area contributed by atoms with Gasteiger partial charge in [0.05, 0.1) is 6.10 Å².